The molecular weight excluding hydrogens is 282 g/mol. The molecule has 0 bridgehead atoms. The summed E-state index contributed by atoms with van der Waals surface area (Å²) in [5.41, 5.74) is 0.348. The van der Waals surface area contributed by atoms with Crippen LogP contribution in [0.4, 0.5) is 8.78 Å². The summed E-state index contributed by atoms with van der Waals surface area (Å²) in [6.45, 7) is 2.02. The van der Waals surface area contributed by atoms with E-state index >= 15 is 0 Å². The average Bonchev–Trinajstić information content (AvgIpc) is 2.94. The van der Waals surface area contributed by atoms with E-state index < -0.39 is 19.1 Å². The van der Waals surface area contributed by atoms with Crippen LogP contribution in [0.15, 0.2) is 18.3 Å². The lowest BCUT2D eigenvalue weighted by atomic mass is 10.0. The third-order valence-electron chi connectivity index (χ3n) is 3.53. The number of amides is 1. The first-order chi connectivity index (χ1) is 9.97. The van der Waals surface area contributed by atoms with E-state index in [0.717, 1.165) is 6.42 Å². The summed E-state index contributed by atoms with van der Waals surface area (Å²) in [7, 11) is 0. The first kappa shape index (κ1) is 15.6. The highest BCUT2D eigenvalue weighted by Crippen LogP contribution is 2.22. The maximum Gasteiger partial charge on any atom is 0.272 e. The van der Waals surface area contributed by atoms with Crippen molar-refractivity contribution in [1.82, 2.24) is 9.88 Å². The zero-order valence-electron chi connectivity index (χ0n) is 11.7. The first-order valence-corrected chi connectivity index (χ1v) is 6.81. The van der Waals surface area contributed by atoms with Crippen molar-refractivity contribution in [1.29, 1.82) is 0 Å². The van der Waals surface area contributed by atoms with Gasteiger partial charge in [0.25, 0.3) is 12.3 Å². The van der Waals surface area contributed by atoms with Crippen molar-refractivity contribution < 1.29 is 23.4 Å². The first-order valence-electron chi connectivity index (χ1n) is 6.81. The number of carbonyl (C=O) groups is 1. The van der Waals surface area contributed by atoms with Crippen LogP contribution in [0, 0.1) is 5.92 Å². The molecule has 1 amide bonds. The van der Waals surface area contributed by atoms with Gasteiger partial charge < -0.3 is 14.7 Å². The summed E-state index contributed by atoms with van der Waals surface area (Å²) in [4.78, 5) is 17.8. The predicted molar refractivity (Wildman–Crippen MR) is 71.4 cm³/mol. The molecule has 5 nitrogen and oxygen atoms in total. The van der Waals surface area contributed by atoms with E-state index in [0.29, 0.717) is 18.7 Å². The van der Waals surface area contributed by atoms with Crippen LogP contribution in [0.25, 0.3) is 0 Å². The number of pyridine rings is 1. The van der Waals surface area contributed by atoms with Crippen LogP contribution in [0.2, 0.25) is 0 Å². The van der Waals surface area contributed by atoms with Gasteiger partial charge in [0.15, 0.2) is 6.61 Å². The Morgan fingerprint density at radius 2 is 2.38 bits per heavy atom. The molecule has 0 aliphatic carbocycles. The van der Waals surface area contributed by atoms with Crippen LogP contribution < -0.4 is 4.74 Å². The number of aliphatic hydroxyl groups is 1. The van der Waals surface area contributed by atoms with Crippen molar-refractivity contribution in [2.75, 3.05) is 19.7 Å². The second kappa shape index (κ2) is 6.80. The number of carbonyl (C=O) groups excluding carboxylic acids is 1. The maximum atomic E-state index is 12.3. The number of ether oxygens (including phenoxy) is 1. The fourth-order valence-corrected chi connectivity index (χ4v) is 2.32. The van der Waals surface area contributed by atoms with Gasteiger partial charge in [-0.1, -0.05) is 0 Å². The zero-order valence-corrected chi connectivity index (χ0v) is 11.7. The third kappa shape index (κ3) is 4.10. The highest BCUT2D eigenvalue weighted by atomic mass is 19.3. The number of aliphatic hydroxyl groups excluding tert-OH is 1. The zero-order chi connectivity index (χ0) is 15.4. The number of rotatable bonds is 5. The average molecular weight is 300 g/mol. The molecule has 1 aromatic heterocycles. The van der Waals surface area contributed by atoms with Crippen LogP contribution >= 0.6 is 0 Å². The minimum Gasteiger partial charge on any atom is -0.472 e. The molecule has 7 heteroatoms. The van der Waals surface area contributed by atoms with Gasteiger partial charge in [0, 0.05) is 36.8 Å². The van der Waals surface area contributed by atoms with E-state index in [-0.39, 0.29) is 17.7 Å². The molecule has 1 N–H and O–H groups in total. The molecule has 0 saturated carbocycles. The summed E-state index contributed by atoms with van der Waals surface area (Å²) in [6.07, 6.45) is -0.929. The van der Waals surface area contributed by atoms with Gasteiger partial charge in [-0.05, 0) is 19.4 Å². The van der Waals surface area contributed by atoms with Crippen molar-refractivity contribution in [3.05, 3.63) is 23.9 Å². The van der Waals surface area contributed by atoms with E-state index in [4.69, 9.17) is 4.74 Å². The topological polar surface area (TPSA) is 62.7 Å². The van der Waals surface area contributed by atoms with E-state index in [1.165, 1.54) is 18.3 Å². The lowest BCUT2D eigenvalue weighted by molar-refractivity contribution is 0.0756. The van der Waals surface area contributed by atoms with Crippen molar-refractivity contribution >= 4 is 5.91 Å². The van der Waals surface area contributed by atoms with E-state index in [2.05, 4.69) is 4.98 Å². The van der Waals surface area contributed by atoms with Crippen LogP contribution in [0.3, 0.4) is 0 Å². The van der Waals surface area contributed by atoms with Gasteiger partial charge in [-0.2, -0.15) is 0 Å². The second-order valence-corrected chi connectivity index (χ2v) is 5.13. The SMILES string of the molecule is CC(O)C1CCN(C(=O)c2ccnc(OCC(F)F)c2)C1. The van der Waals surface area contributed by atoms with Crippen LogP contribution in [-0.2, 0) is 0 Å². The molecule has 2 atom stereocenters. The summed E-state index contributed by atoms with van der Waals surface area (Å²) in [6, 6.07) is 2.88. The molecule has 0 radical (unpaired) electrons. The third-order valence-corrected chi connectivity index (χ3v) is 3.53. The quantitative estimate of drug-likeness (QED) is 0.896. The Labute approximate surface area is 121 Å². The van der Waals surface area contributed by atoms with Crippen molar-refractivity contribution in [3.8, 4) is 5.88 Å². The van der Waals surface area contributed by atoms with Gasteiger partial charge in [0.05, 0.1) is 6.10 Å². The van der Waals surface area contributed by atoms with E-state index in [1.807, 2.05) is 0 Å². The molecule has 1 aliphatic rings. The summed E-state index contributed by atoms with van der Waals surface area (Å²) in [5.74, 6) is -0.125. The summed E-state index contributed by atoms with van der Waals surface area (Å²) in [5, 5.41) is 9.55. The fraction of sp³-hybridized carbons (Fsp3) is 0.571. The summed E-state index contributed by atoms with van der Waals surface area (Å²) >= 11 is 0. The molecule has 1 aromatic rings. The molecule has 0 spiro atoms. The minimum absolute atomic E-state index is 0.00687. The van der Waals surface area contributed by atoms with E-state index in [9.17, 15) is 18.7 Å². The van der Waals surface area contributed by atoms with E-state index in [1.54, 1.807) is 11.8 Å². The highest BCUT2D eigenvalue weighted by molar-refractivity contribution is 5.94. The number of likely N-dealkylation sites (tertiary alicyclic amines) is 1. The van der Waals surface area contributed by atoms with Gasteiger partial charge in [-0.25, -0.2) is 13.8 Å². The van der Waals surface area contributed by atoms with Gasteiger partial charge >= 0.3 is 0 Å². The Kier molecular flexibility index (Phi) is 5.06. The van der Waals surface area contributed by atoms with Crippen LogP contribution in [0.5, 0.6) is 5.88 Å². The van der Waals surface area contributed by atoms with Crippen molar-refractivity contribution in [3.63, 3.8) is 0 Å². The van der Waals surface area contributed by atoms with Crippen molar-refractivity contribution in [2.45, 2.75) is 25.9 Å². The van der Waals surface area contributed by atoms with Gasteiger partial charge in [-0.3, -0.25) is 4.79 Å². The molecule has 2 rings (SSSR count). The number of hydrogen-bond donors (Lipinski definition) is 1. The Morgan fingerprint density at radius 1 is 1.62 bits per heavy atom. The standard InChI is InChI=1S/C14H18F2N2O3/c1-9(19)11-3-5-18(7-11)14(20)10-2-4-17-13(6-10)21-8-12(15)16/h2,4,6,9,11-12,19H,3,5,7-8H2,1H3. The monoisotopic (exact) mass is 300 g/mol. The molecule has 1 saturated heterocycles. The molecule has 21 heavy (non-hydrogen) atoms. The number of nitrogens with zero attached hydrogens (tertiary/aromatic N) is 2. The highest BCUT2D eigenvalue weighted by Gasteiger charge is 2.29. The molecule has 0 aromatic carbocycles. The molecule has 116 valence electrons. The maximum absolute atomic E-state index is 12.3. The lowest BCUT2D eigenvalue weighted by Crippen LogP contribution is -2.30. The molecule has 2 unspecified atom stereocenters. The molecule has 1 fully saturated rings. The molecule has 1 aliphatic heterocycles. The van der Waals surface area contributed by atoms with Crippen LogP contribution in [0.1, 0.15) is 23.7 Å². The number of hydrogen-bond acceptors (Lipinski definition) is 4. The Hall–Kier alpha value is -1.76. The predicted octanol–water partition coefficient (Wildman–Crippen LogP) is 1.57. The van der Waals surface area contributed by atoms with Gasteiger partial charge in [-0.15, -0.1) is 0 Å². The fourth-order valence-electron chi connectivity index (χ4n) is 2.32. The molecule has 2 heterocycles. The lowest BCUT2D eigenvalue weighted by Gasteiger charge is -2.18. The Morgan fingerprint density at radius 3 is 3.00 bits per heavy atom. The smallest absolute Gasteiger partial charge is 0.272 e. The normalized spacial score (nSPS) is 19.9. The number of halogens is 2. The Balaban J connectivity index is 2.01. The second-order valence-electron chi connectivity index (χ2n) is 5.13. The summed E-state index contributed by atoms with van der Waals surface area (Å²) < 4.78 is 29.0. The number of alkyl halides is 2. The van der Waals surface area contributed by atoms with Gasteiger partial charge in [0.1, 0.15) is 0 Å². The minimum atomic E-state index is -2.59. The van der Waals surface area contributed by atoms with Crippen molar-refractivity contribution in [2.24, 2.45) is 5.92 Å². The largest absolute Gasteiger partial charge is 0.472 e. The molecular formula is C14H18F2N2O3. The van der Waals surface area contributed by atoms with Gasteiger partial charge in [0.2, 0.25) is 5.88 Å². The Bertz CT molecular complexity index is 497. The van der Waals surface area contributed by atoms with Crippen LogP contribution in [-0.4, -0.2) is 53.1 Å². The number of aromatic nitrogens is 1.